The molecule has 3 heterocycles. The van der Waals surface area contributed by atoms with Crippen molar-refractivity contribution < 1.29 is 9.53 Å². The van der Waals surface area contributed by atoms with E-state index in [2.05, 4.69) is 15.3 Å². The summed E-state index contributed by atoms with van der Waals surface area (Å²) in [6, 6.07) is 9.48. The number of hydrogen-bond donors (Lipinski definition) is 1. The van der Waals surface area contributed by atoms with Crippen LogP contribution in [0.1, 0.15) is 5.69 Å². The van der Waals surface area contributed by atoms with Gasteiger partial charge in [-0.05, 0) is 29.6 Å². The molecular formula is C19H14ClN3O2S3. The van der Waals surface area contributed by atoms with Gasteiger partial charge in [-0.1, -0.05) is 17.7 Å². The number of benzene rings is 1. The van der Waals surface area contributed by atoms with Gasteiger partial charge in [0.15, 0.2) is 5.13 Å². The van der Waals surface area contributed by atoms with Crippen molar-refractivity contribution in [1.82, 2.24) is 9.97 Å². The number of thiophene rings is 1. The molecule has 5 nitrogen and oxygen atoms in total. The van der Waals surface area contributed by atoms with E-state index in [1.54, 1.807) is 41.9 Å². The summed E-state index contributed by atoms with van der Waals surface area (Å²) in [7, 11) is 1.57. The highest BCUT2D eigenvalue weighted by atomic mass is 35.5. The van der Waals surface area contributed by atoms with Gasteiger partial charge in [0, 0.05) is 16.3 Å². The van der Waals surface area contributed by atoms with E-state index in [4.69, 9.17) is 16.3 Å². The van der Waals surface area contributed by atoms with E-state index in [9.17, 15) is 4.79 Å². The molecule has 0 saturated heterocycles. The topological polar surface area (TPSA) is 64.1 Å². The number of amides is 1. The van der Waals surface area contributed by atoms with Crippen LogP contribution >= 0.6 is 45.6 Å². The van der Waals surface area contributed by atoms with Gasteiger partial charge in [0.25, 0.3) is 0 Å². The maximum atomic E-state index is 12.3. The summed E-state index contributed by atoms with van der Waals surface area (Å²) >= 11 is 10.7. The fourth-order valence-electron chi connectivity index (χ4n) is 2.52. The number of nitrogens with one attached hydrogen (secondary N) is 1. The number of carbonyl (C=O) groups is 1. The van der Waals surface area contributed by atoms with Crippen molar-refractivity contribution in [2.24, 2.45) is 0 Å². The van der Waals surface area contributed by atoms with Crippen molar-refractivity contribution in [1.29, 1.82) is 0 Å². The first-order valence-electron chi connectivity index (χ1n) is 8.20. The van der Waals surface area contributed by atoms with Gasteiger partial charge in [0.1, 0.15) is 10.8 Å². The van der Waals surface area contributed by atoms with Crippen molar-refractivity contribution in [3.63, 3.8) is 0 Å². The van der Waals surface area contributed by atoms with E-state index in [0.29, 0.717) is 15.9 Å². The summed E-state index contributed by atoms with van der Waals surface area (Å²) in [5.74, 6) is 0.469. The first-order valence-corrected chi connectivity index (χ1v) is 11.2. The summed E-state index contributed by atoms with van der Waals surface area (Å²) in [5, 5.41) is 10.6. The molecule has 4 rings (SSSR count). The van der Waals surface area contributed by atoms with E-state index < -0.39 is 0 Å². The molecule has 0 aliphatic carbocycles. The Morgan fingerprint density at radius 1 is 1.18 bits per heavy atom. The van der Waals surface area contributed by atoms with Crippen LogP contribution in [-0.4, -0.2) is 23.0 Å². The number of nitrogens with zero attached hydrogens (tertiary/aromatic N) is 2. The summed E-state index contributed by atoms with van der Waals surface area (Å²) in [4.78, 5) is 22.5. The van der Waals surface area contributed by atoms with Crippen molar-refractivity contribution in [2.45, 2.75) is 6.42 Å². The van der Waals surface area contributed by atoms with Crippen LogP contribution < -0.4 is 10.1 Å². The highest BCUT2D eigenvalue weighted by Gasteiger charge is 2.13. The number of carbonyl (C=O) groups excluding carboxylic acids is 1. The molecule has 0 atom stereocenters. The van der Waals surface area contributed by atoms with E-state index in [1.807, 2.05) is 34.3 Å². The number of thiazole rings is 2. The normalized spacial score (nSPS) is 10.8. The van der Waals surface area contributed by atoms with Crippen LogP contribution in [0.4, 0.5) is 5.13 Å². The molecule has 0 unspecified atom stereocenters. The Morgan fingerprint density at radius 2 is 2.07 bits per heavy atom. The monoisotopic (exact) mass is 447 g/mol. The molecule has 9 heteroatoms. The molecule has 0 saturated carbocycles. The minimum atomic E-state index is -0.142. The molecule has 28 heavy (non-hydrogen) atoms. The molecule has 0 spiro atoms. The van der Waals surface area contributed by atoms with Crippen molar-refractivity contribution in [2.75, 3.05) is 12.4 Å². The van der Waals surface area contributed by atoms with Gasteiger partial charge in [-0.2, -0.15) is 0 Å². The van der Waals surface area contributed by atoms with Crippen LogP contribution in [0.15, 0.2) is 46.5 Å². The molecular weight excluding hydrogens is 434 g/mol. The van der Waals surface area contributed by atoms with E-state index in [0.717, 1.165) is 26.8 Å². The Labute approximate surface area is 178 Å². The second-order valence-electron chi connectivity index (χ2n) is 5.73. The van der Waals surface area contributed by atoms with Gasteiger partial charge in [0.05, 0.1) is 34.8 Å². The van der Waals surface area contributed by atoms with Crippen LogP contribution in [-0.2, 0) is 11.2 Å². The highest BCUT2D eigenvalue weighted by molar-refractivity contribution is 7.20. The minimum absolute atomic E-state index is 0.142. The van der Waals surface area contributed by atoms with Crippen LogP contribution in [0.2, 0.25) is 5.02 Å². The number of rotatable bonds is 6. The lowest BCUT2D eigenvalue weighted by Crippen LogP contribution is -2.14. The largest absolute Gasteiger partial charge is 0.495 e. The molecule has 4 aromatic rings. The van der Waals surface area contributed by atoms with Gasteiger partial charge in [-0.3, -0.25) is 4.79 Å². The van der Waals surface area contributed by atoms with Gasteiger partial charge >= 0.3 is 0 Å². The predicted octanol–water partition coefficient (Wildman–Crippen LogP) is 5.84. The number of halogens is 1. The van der Waals surface area contributed by atoms with Crippen LogP contribution in [0.3, 0.4) is 0 Å². The third-order valence-corrected chi connectivity index (χ3v) is 6.81. The highest BCUT2D eigenvalue weighted by Crippen LogP contribution is 2.32. The maximum absolute atomic E-state index is 12.3. The quantitative estimate of drug-likeness (QED) is 0.403. The lowest BCUT2D eigenvalue weighted by Gasteiger charge is -2.04. The number of methoxy groups -OCH3 is 1. The molecule has 1 aromatic carbocycles. The lowest BCUT2D eigenvalue weighted by atomic mass is 10.2. The Kier molecular flexibility index (Phi) is 5.72. The third kappa shape index (κ3) is 4.25. The Hall–Kier alpha value is -2.26. The maximum Gasteiger partial charge on any atom is 0.232 e. The first-order chi connectivity index (χ1) is 13.6. The van der Waals surface area contributed by atoms with Crippen molar-refractivity contribution in [3.8, 4) is 26.9 Å². The number of hydrogen-bond acceptors (Lipinski definition) is 7. The van der Waals surface area contributed by atoms with Crippen LogP contribution in [0.5, 0.6) is 5.75 Å². The number of ether oxygens (including phenoxy) is 1. The Balaban J connectivity index is 1.41. The molecule has 3 aromatic heterocycles. The zero-order chi connectivity index (χ0) is 19.5. The first kappa shape index (κ1) is 19.1. The average Bonchev–Trinajstić information content (AvgIpc) is 3.43. The zero-order valence-corrected chi connectivity index (χ0v) is 17.8. The van der Waals surface area contributed by atoms with Gasteiger partial charge in [-0.15, -0.1) is 34.0 Å². The molecule has 1 amide bonds. The average molecular weight is 448 g/mol. The predicted molar refractivity (Wildman–Crippen MR) is 117 cm³/mol. The van der Waals surface area contributed by atoms with Crippen LogP contribution in [0, 0.1) is 0 Å². The summed E-state index contributed by atoms with van der Waals surface area (Å²) in [6.07, 6.45) is 0.213. The Bertz CT molecular complexity index is 1110. The summed E-state index contributed by atoms with van der Waals surface area (Å²) in [5.41, 5.74) is 2.37. The van der Waals surface area contributed by atoms with Crippen molar-refractivity contribution in [3.05, 3.63) is 57.2 Å². The number of anilines is 1. The molecule has 1 N–H and O–H groups in total. The molecule has 142 valence electrons. The van der Waals surface area contributed by atoms with E-state index >= 15 is 0 Å². The smallest absolute Gasteiger partial charge is 0.232 e. The molecule has 0 radical (unpaired) electrons. The fourth-order valence-corrected chi connectivity index (χ4v) is 5.15. The molecule has 0 bridgehead atoms. The Morgan fingerprint density at radius 3 is 2.82 bits per heavy atom. The van der Waals surface area contributed by atoms with Gasteiger partial charge < -0.3 is 10.1 Å². The summed E-state index contributed by atoms with van der Waals surface area (Å²) in [6.45, 7) is 0. The fraction of sp³-hybridized carbons (Fsp3) is 0.105. The van der Waals surface area contributed by atoms with Crippen molar-refractivity contribution >= 4 is 56.7 Å². The van der Waals surface area contributed by atoms with Crippen LogP contribution in [0.25, 0.3) is 21.1 Å². The standard InChI is InChI=1S/C19H14ClN3O2S3/c1-25-15-5-4-11(7-13(15)20)14-10-28-19(22-14)23-17(24)8-12-9-27-18(21-12)16-3-2-6-26-16/h2-7,9-10H,8H2,1H3,(H,22,23,24). The second-order valence-corrected chi connectivity index (χ2v) is 8.80. The lowest BCUT2D eigenvalue weighted by molar-refractivity contribution is -0.115. The molecule has 0 fully saturated rings. The van der Waals surface area contributed by atoms with Gasteiger partial charge in [0.2, 0.25) is 5.91 Å². The van der Waals surface area contributed by atoms with Gasteiger partial charge in [-0.25, -0.2) is 9.97 Å². The molecule has 0 aliphatic heterocycles. The molecule has 0 aliphatic rings. The second kappa shape index (κ2) is 8.40. The third-order valence-electron chi connectivity index (χ3n) is 3.82. The van der Waals surface area contributed by atoms with E-state index in [1.165, 1.54) is 11.3 Å². The zero-order valence-electron chi connectivity index (χ0n) is 14.6. The SMILES string of the molecule is COc1ccc(-c2csc(NC(=O)Cc3csc(-c4cccs4)n3)n2)cc1Cl. The summed E-state index contributed by atoms with van der Waals surface area (Å²) < 4.78 is 5.16. The number of aromatic nitrogens is 2. The minimum Gasteiger partial charge on any atom is -0.495 e. The van der Waals surface area contributed by atoms with E-state index in [-0.39, 0.29) is 12.3 Å².